The van der Waals surface area contributed by atoms with Crippen molar-refractivity contribution >= 4 is 34.1 Å². The fourth-order valence-electron chi connectivity index (χ4n) is 3.05. The van der Waals surface area contributed by atoms with Gasteiger partial charge in [-0.25, -0.2) is 4.39 Å². The summed E-state index contributed by atoms with van der Waals surface area (Å²) in [6.07, 6.45) is 0. The summed E-state index contributed by atoms with van der Waals surface area (Å²) < 4.78 is 15.8. The van der Waals surface area contributed by atoms with Crippen molar-refractivity contribution in [2.24, 2.45) is 0 Å². The minimum Gasteiger partial charge on any atom is -0.336 e. The summed E-state index contributed by atoms with van der Waals surface area (Å²) in [6, 6.07) is 22.9. The van der Waals surface area contributed by atoms with Gasteiger partial charge in [-0.05, 0) is 53.6 Å². The maximum absolute atomic E-state index is 13.6. The fraction of sp³-hybridized carbons (Fsp3) is 0.0476. The molecule has 0 fully saturated rings. The molecule has 1 heterocycles. The standard InChI is InChI=1S/C21H14Cl2FN/c22-17-8-5-14(6-9-17)13-25-20-4-2-1-3-15(20)12-21(25)16-7-10-19(24)18(23)11-16/h1-12H,13H2. The lowest BCUT2D eigenvalue weighted by Gasteiger charge is -2.12. The minimum absolute atomic E-state index is 0.126. The predicted molar refractivity (Wildman–Crippen MR) is 103 cm³/mol. The highest BCUT2D eigenvalue weighted by atomic mass is 35.5. The SMILES string of the molecule is Fc1ccc(-c2cc3ccccc3n2Cc2ccc(Cl)cc2)cc1Cl. The van der Waals surface area contributed by atoms with E-state index in [1.54, 1.807) is 12.1 Å². The number of benzene rings is 3. The number of hydrogen-bond acceptors (Lipinski definition) is 0. The van der Waals surface area contributed by atoms with Gasteiger partial charge >= 0.3 is 0 Å². The minimum atomic E-state index is -0.411. The van der Waals surface area contributed by atoms with Crippen molar-refractivity contribution in [2.45, 2.75) is 6.54 Å². The summed E-state index contributed by atoms with van der Waals surface area (Å²) in [4.78, 5) is 0. The van der Waals surface area contributed by atoms with Gasteiger partial charge < -0.3 is 4.57 Å². The molecule has 4 rings (SSSR count). The van der Waals surface area contributed by atoms with Gasteiger partial charge in [-0.1, -0.05) is 53.5 Å². The third kappa shape index (κ3) is 3.15. The summed E-state index contributed by atoms with van der Waals surface area (Å²) in [5, 5.41) is 1.97. The first kappa shape index (κ1) is 16.2. The Morgan fingerprint density at radius 1 is 0.840 bits per heavy atom. The van der Waals surface area contributed by atoms with E-state index in [0.29, 0.717) is 11.6 Å². The van der Waals surface area contributed by atoms with E-state index in [2.05, 4.69) is 22.8 Å². The topological polar surface area (TPSA) is 4.93 Å². The Bertz CT molecular complexity index is 1050. The van der Waals surface area contributed by atoms with Gasteiger partial charge in [-0.2, -0.15) is 0 Å². The summed E-state index contributed by atoms with van der Waals surface area (Å²) in [6.45, 7) is 0.689. The van der Waals surface area contributed by atoms with Gasteiger partial charge in [0.2, 0.25) is 0 Å². The van der Waals surface area contributed by atoms with E-state index < -0.39 is 5.82 Å². The lowest BCUT2D eigenvalue weighted by atomic mass is 10.1. The monoisotopic (exact) mass is 369 g/mol. The number of rotatable bonds is 3. The second-order valence-electron chi connectivity index (χ2n) is 5.93. The van der Waals surface area contributed by atoms with Crippen molar-refractivity contribution in [2.75, 3.05) is 0 Å². The van der Waals surface area contributed by atoms with Crippen LogP contribution < -0.4 is 0 Å². The van der Waals surface area contributed by atoms with Crippen molar-refractivity contribution in [3.05, 3.63) is 94.2 Å². The molecule has 1 aromatic heterocycles. The summed E-state index contributed by atoms with van der Waals surface area (Å²) in [7, 11) is 0. The second kappa shape index (κ2) is 6.55. The lowest BCUT2D eigenvalue weighted by Crippen LogP contribution is -2.01. The second-order valence-corrected chi connectivity index (χ2v) is 6.77. The van der Waals surface area contributed by atoms with Crippen LogP contribution in [0.3, 0.4) is 0 Å². The Morgan fingerprint density at radius 3 is 2.36 bits per heavy atom. The fourth-order valence-corrected chi connectivity index (χ4v) is 3.35. The van der Waals surface area contributed by atoms with Crippen LogP contribution in [0.5, 0.6) is 0 Å². The first-order chi connectivity index (χ1) is 12.1. The van der Waals surface area contributed by atoms with E-state index >= 15 is 0 Å². The molecule has 4 heteroatoms. The molecule has 0 aliphatic carbocycles. The molecule has 0 saturated carbocycles. The molecule has 0 radical (unpaired) electrons. The normalized spacial score (nSPS) is 11.2. The number of hydrogen-bond donors (Lipinski definition) is 0. The van der Waals surface area contributed by atoms with Crippen molar-refractivity contribution < 1.29 is 4.39 Å². The van der Waals surface area contributed by atoms with Crippen molar-refractivity contribution in [1.82, 2.24) is 4.57 Å². The van der Waals surface area contributed by atoms with Crippen LogP contribution in [-0.4, -0.2) is 4.57 Å². The average Bonchev–Trinajstić information content (AvgIpc) is 2.98. The number of aromatic nitrogens is 1. The Balaban J connectivity index is 1.88. The number of fused-ring (bicyclic) bond motifs is 1. The first-order valence-corrected chi connectivity index (χ1v) is 8.65. The van der Waals surface area contributed by atoms with Gasteiger partial charge in [0.05, 0.1) is 5.02 Å². The van der Waals surface area contributed by atoms with Gasteiger partial charge in [-0.15, -0.1) is 0 Å². The van der Waals surface area contributed by atoms with E-state index in [4.69, 9.17) is 23.2 Å². The quantitative estimate of drug-likeness (QED) is 0.374. The van der Waals surface area contributed by atoms with Gasteiger partial charge in [0.1, 0.15) is 5.82 Å². The maximum atomic E-state index is 13.6. The molecule has 124 valence electrons. The van der Waals surface area contributed by atoms with E-state index in [1.165, 1.54) is 6.07 Å². The Labute approximate surface area is 155 Å². The van der Waals surface area contributed by atoms with Crippen LogP contribution in [0.25, 0.3) is 22.2 Å². The highest BCUT2D eigenvalue weighted by molar-refractivity contribution is 6.31. The number of halogens is 3. The Kier molecular flexibility index (Phi) is 4.24. The van der Waals surface area contributed by atoms with E-state index in [-0.39, 0.29) is 5.02 Å². The third-order valence-electron chi connectivity index (χ3n) is 4.28. The zero-order valence-electron chi connectivity index (χ0n) is 13.2. The predicted octanol–water partition coefficient (Wildman–Crippen LogP) is 6.80. The molecule has 0 amide bonds. The summed E-state index contributed by atoms with van der Waals surface area (Å²) in [5.41, 5.74) is 4.14. The molecule has 4 aromatic rings. The van der Waals surface area contributed by atoms with Gasteiger partial charge in [0.15, 0.2) is 0 Å². The molecule has 0 N–H and O–H groups in total. The highest BCUT2D eigenvalue weighted by Crippen LogP contribution is 2.31. The molecular weight excluding hydrogens is 356 g/mol. The van der Waals surface area contributed by atoms with Crippen molar-refractivity contribution in [3.8, 4) is 11.3 Å². The Hall–Kier alpha value is -2.29. The Morgan fingerprint density at radius 2 is 1.60 bits per heavy atom. The molecule has 3 aromatic carbocycles. The van der Waals surface area contributed by atoms with Crippen LogP contribution in [0.2, 0.25) is 10.0 Å². The lowest BCUT2D eigenvalue weighted by molar-refractivity contribution is 0.628. The zero-order chi connectivity index (χ0) is 17.4. The highest BCUT2D eigenvalue weighted by Gasteiger charge is 2.12. The molecule has 25 heavy (non-hydrogen) atoms. The van der Waals surface area contributed by atoms with Crippen molar-refractivity contribution in [1.29, 1.82) is 0 Å². The van der Waals surface area contributed by atoms with E-state index in [9.17, 15) is 4.39 Å². The van der Waals surface area contributed by atoms with Crippen LogP contribution in [0, 0.1) is 5.82 Å². The molecular formula is C21H14Cl2FN. The largest absolute Gasteiger partial charge is 0.336 e. The number of para-hydroxylation sites is 1. The molecule has 0 saturated heterocycles. The molecule has 1 nitrogen and oxygen atoms in total. The van der Waals surface area contributed by atoms with Crippen LogP contribution in [0.4, 0.5) is 4.39 Å². The average molecular weight is 370 g/mol. The first-order valence-electron chi connectivity index (χ1n) is 7.90. The van der Waals surface area contributed by atoms with E-state index in [1.807, 2.05) is 36.4 Å². The van der Waals surface area contributed by atoms with Crippen LogP contribution >= 0.6 is 23.2 Å². The molecule has 0 atom stereocenters. The number of nitrogens with zero attached hydrogens (tertiary/aromatic N) is 1. The van der Waals surface area contributed by atoms with Gasteiger partial charge in [0, 0.05) is 28.2 Å². The van der Waals surface area contributed by atoms with E-state index in [0.717, 1.165) is 27.7 Å². The molecule has 0 spiro atoms. The van der Waals surface area contributed by atoms with Crippen LogP contribution in [0.1, 0.15) is 5.56 Å². The van der Waals surface area contributed by atoms with Gasteiger partial charge in [0.25, 0.3) is 0 Å². The summed E-state index contributed by atoms with van der Waals surface area (Å²) >= 11 is 12.0. The smallest absolute Gasteiger partial charge is 0.141 e. The molecule has 0 aliphatic heterocycles. The maximum Gasteiger partial charge on any atom is 0.141 e. The summed E-state index contributed by atoms with van der Waals surface area (Å²) in [5.74, 6) is -0.411. The molecule has 0 aliphatic rings. The van der Waals surface area contributed by atoms with Crippen molar-refractivity contribution in [3.63, 3.8) is 0 Å². The van der Waals surface area contributed by atoms with Crippen LogP contribution in [-0.2, 0) is 6.54 Å². The van der Waals surface area contributed by atoms with Crippen LogP contribution in [0.15, 0.2) is 72.8 Å². The molecule has 0 unspecified atom stereocenters. The third-order valence-corrected chi connectivity index (χ3v) is 4.82. The zero-order valence-corrected chi connectivity index (χ0v) is 14.7. The molecule has 0 bridgehead atoms. The van der Waals surface area contributed by atoms with Gasteiger partial charge in [-0.3, -0.25) is 0 Å².